The highest BCUT2D eigenvalue weighted by Gasteiger charge is 2.16. The molecule has 3 aromatic rings. The molecule has 0 aliphatic heterocycles. The van der Waals surface area contributed by atoms with Gasteiger partial charge in [0.25, 0.3) is 0 Å². The maximum atomic E-state index is 5.88. The zero-order valence-electron chi connectivity index (χ0n) is 13.0. The van der Waals surface area contributed by atoms with Crippen LogP contribution in [0.5, 0.6) is 0 Å². The molecule has 0 amide bonds. The van der Waals surface area contributed by atoms with E-state index in [9.17, 15) is 0 Å². The summed E-state index contributed by atoms with van der Waals surface area (Å²) in [5.41, 5.74) is 5.53. The number of benzene rings is 2. The predicted molar refractivity (Wildman–Crippen MR) is 90.0 cm³/mol. The second-order valence-electron chi connectivity index (χ2n) is 6.45. The Kier molecular flexibility index (Phi) is 3.45. The zero-order valence-corrected chi connectivity index (χ0v) is 13.0. The normalized spacial score (nSPS) is 16.2. The summed E-state index contributed by atoms with van der Waals surface area (Å²) in [7, 11) is 0. The van der Waals surface area contributed by atoms with Gasteiger partial charge in [0.05, 0.1) is 0 Å². The lowest BCUT2D eigenvalue weighted by Crippen LogP contribution is -2.04. The van der Waals surface area contributed by atoms with E-state index in [4.69, 9.17) is 4.42 Å². The summed E-state index contributed by atoms with van der Waals surface area (Å²) in [5, 5.41) is 0. The molecule has 2 nitrogen and oxygen atoms in total. The molecule has 1 saturated carbocycles. The number of aromatic nitrogens is 1. The van der Waals surface area contributed by atoms with Gasteiger partial charge in [-0.1, -0.05) is 37.5 Å². The first kappa shape index (κ1) is 13.6. The molecule has 0 unspecified atom stereocenters. The minimum absolute atomic E-state index is 0.718. The first-order valence-electron chi connectivity index (χ1n) is 8.27. The fourth-order valence-corrected chi connectivity index (χ4v) is 3.49. The van der Waals surface area contributed by atoms with Gasteiger partial charge in [-0.2, -0.15) is 0 Å². The Morgan fingerprint density at radius 1 is 0.955 bits per heavy atom. The van der Waals surface area contributed by atoms with Crippen LogP contribution in [0.3, 0.4) is 0 Å². The molecular formula is C20H21NO. The minimum atomic E-state index is 0.718. The third-order valence-electron chi connectivity index (χ3n) is 4.78. The van der Waals surface area contributed by atoms with Gasteiger partial charge in [0, 0.05) is 5.56 Å². The first-order chi connectivity index (χ1) is 10.8. The van der Waals surface area contributed by atoms with Crippen LogP contribution in [-0.4, -0.2) is 4.98 Å². The number of nitrogens with zero attached hydrogens (tertiary/aromatic N) is 1. The summed E-state index contributed by atoms with van der Waals surface area (Å²) < 4.78 is 5.88. The van der Waals surface area contributed by atoms with Gasteiger partial charge in [-0.3, -0.25) is 0 Å². The van der Waals surface area contributed by atoms with Gasteiger partial charge in [-0.15, -0.1) is 0 Å². The summed E-state index contributed by atoms with van der Waals surface area (Å²) in [4.78, 5) is 4.62. The number of rotatable bonds is 2. The standard InChI is InChI=1S/C20H21NO/c1-14-7-12-19-18(13-14)21-20(22-19)17-10-8-16(9-11-17)15-5-3-2-4-6-15/h7-13,15H,2-6H2,1H3. The van der Waals surface area contributed by atoms with Crippen molar-refractivity contribution < 1.29 is 4.42 Å². The van der Waals surface area contributed by atoms with Crippen molar-refractivity contribution in [3.63, 3.8) is 0 Å². The van der Waals surface area contributed by atoms with Crippen molar-refractivity contribution in [1.29, 1.82) is 0 Å². The summed E-state index contributed by atoms with van der Waals surface area (Å²) >= 11 is 0. The molecule has 1 aromatic heterocycles. The highest BCUT2D eigenvalue weighted by atomic mass is 16.3. The van der Waals surface area contributed by atoms with Gasteiger partial charge in [-0.05, 0) is 61.1 Å². The molecule has 0 radical (unpaired) electrons. The van der Waals surface area contributed by atoms with E-state index in [0.717, 1.165) is 28.5 Å². The van der Waals surface area contributed by atoms with Crippen molar-refractivity contribution in [2.75, 3.05) is 0 Å². The maximum absolute atomic E-state index is 5.88. The number of fused-ring (bicyclic) bond motifs is 1. The molecular weight excluding hydrogens is 270 g/mol. The molecule has 1 aliphatic rings. The minimum Gasteiger partial charge on any atom is -0.436 e. The quantitative estimate of drug-likeness (QED) is 0.592. The van der Waals surface area contributed by atoms with Gasteiger partial charge in [0.1, 0.15) is 5.52 Å². The number of oxazole rings is 1. The van der Waals surface area contributed by atoms with Crippen molar-refractivity contribution in [2.24, 2.45) is 0 Å². The van der Waals surface area contributed by atoms with E-state index in [1.807, 2.05) is 6.07 Å². The fraction of sp³-hybridized carbons (Fsp3) is 0.350. The van der Waals surface area contributed by atoms with Crippen LogP contribution in [0.1, 0.15) is 49.1 Å². The van der Waals surface area contributed by atoms with Crippen LogP contribution in [0.25, 0.3) is 22.6 Å². The SMILES string of the molecule is Cc1ccc2oc(-c3ccc(C4CCCCC4)cc3)nc2c1. The Bertz CT molecular complexity index is 779. The summed E-state index contributed by atoms with van der Waals surface area (Å²) in [6.07, 6.45) is 6.81. The number of aryl methyl sites for hydroxylation is 1. The average molecular weight is 291 g/mol. The fourth-order valence-electron chi connectivity index (χ4n) is 3.49. The monoisotopic (exact) mass is 291 g/mol. The molecule has 0 saturated heterocycles. The van der Waals surface area contributed by atoms with Gasteiger partial charge < -0.3 is 4.42 Å². The van der Waals surface area contributed by atoms with Crippen LogP contribution in [0.15, 0.2) is 46.9 Å². The van der Waals surface area contributed by atoms with E-state index >= 15 is 0 Å². The van der Waals surface area contributed by atoms with Crippen LogP contribution in [-0.2, 0) is 0 Å². The molecule has 0 spiro atoms. The van der Waals surface area contributed by atoms with Crippen molar-refractivity contribution in [3.05, 3.63) is 53.6 Å². The molecule has 2 aromatic carbocycles. The van der Waals surface area contributed by atoms with Gasteiger partial charge >= 0.3 is 0 Å². The Balaban J connectivity index is 1.63. The molecule has 0 atom stereocenters. The lowest BCUT2D eigenvalue weighted by molar-refractivity contribution is 0.443. The lowest BCUT2D eigenvalue weighted by Gasteiger charge is -2.21. The van der Waals surface area contributed by atoms with E-state index in [-0.39, 0.29) is 0 Å². The third kappa shape index (κ3) is 2.54. The van der Waals surface area contributed by atoms with E-state index in [2.05, 4.69) is 48.3 Å². The largest absolute Gasteiger partial charge is 0.436 e. The number of hydrogen-bond donors (Lipinski definition) is 0. The van der Waals surface area contributed by atoms with Gasteiger partial charge in [0.15, 0.2) is 5.58 Å². The molecule has 4 rings (SSSR count). The predicted octanol–water partition coefficient (Wildman–Crippen LogP) is 5.85. The first-order valence-corrected chi connectivity index (χ1v) is 8.27. The van der Waals surface area contributed by atoms with Gasteiger partial charge in [0.2, 0.25) is 5.89 Å². The van der Waals surface area contributed by atoms with Crippen molar-refractivity contribution in [2.45, 2.75) is 44.9 Å². The zero-order chi connectivity index (χ0) is 14.9. The summed E-state index contributed by atoms with van der Waals surface area (Å²) in [6, 6.07) is 14.9. The van der Waals surface area contributed by atoms with Gasteiger partial charge in [-0.25, -0.2) is 4.98 Å². The van der Waals surface area contributed by atoms with Crippen LogP contribution in [0, 0.1) is 6.92 Å². The maximum Gasteiger partial charge on any atom is 0.227 e. The van der Waals surface area contributed by atoms with Crippen LogP contribution in [0.4, 0.5) is 0 Å². The molecule has 112 valence electrons. The second kappa shape index (κ2) is 5.60. The molecule has 1 heterocycles. The second-order valence-corrected chi connectivity index (χ2v) is 6.45. The highest BCUT2D eigenvalue weighted by Crippen LogP contribution is 2.33. The number of hydrogen-bond acceptors (Lipinski definition) is 2. The van der Waals surface area contributed by atoms with Crippen LogP contribution >= 0.6 is 0 Å². The van der Waals surface area contributed by atoms with Crippen molar-refractivity contribution in [3.8, 4) is 11.5 Å². The van der Waals surface area contributed by atoms with Crippen molar-refractivity contribution in [1.82, 2.24) is 4.98 Å². The molecule has 22 heavy (non-hydrogen) atoms. The van der Waals surface area contributed by atoms with Crippen LogP contribution < -0.4 is 0 Å². The topological polar surface area (TPSA) is 26.0 Å². The third-order valence-corrected chi connectivity index (χ3v) is 4.78. The van der Waals surface area contributed by atoms with E-state index < -0.39 is 0 Å². The van der Waals surface area contributed by atoms with E-state index in [1.165, 1.54) is 43.2 Å². The van der Waals surface area contributed by atoms with Crippen LogP contribution in [0.2, 0.25) is 0 Å². The van der Waals surface area contributed by atoms with E-state index in [1.54, 1.807) is 0 Å². The average Bonchev–Trinajstić information content (AvgIpc) is 2.99. The Morgan fingerprint density at radius 2 is 1.73 bits per heavy atom. The molecule has 1 aliphatic carbocycles. The Hall–Kier alpha value is -2.09. The highest BCUT2D eigenvalue weighted by molar-refractivity contribution is 5.76. The van der Waals surface area contributed by atoms with Crippen molar-refractivity contribution >= 4 is 11.1 Å². The summed E-state index contributed by atoms with van der Waals surface area (Å²) in [5.74, 6) is 1.46. The lowest BCUT2D eigenvalue weighted by atomic mass is 9.84. The van der Waals surface area contributed by atoms with E-state index in [0.29, 0.717) is 0 Å². The Morgan fingerprint density at radius 3 is 2.50 bits per heavy atom. The molecule has 0 bridgehead atoms. The Labute approximate surface area is 131 Å². The molecule has 1 fully saturated rings. The molecule has 0 N–H and O–H groups in total. The summed E-state index contributed by atoms with van der Waals surface area (Å²) in [6.45, 7) is 2.08. The molecule has 2 heteroatoms. The smallest absolute Gasteiger partial charge is 0.227 e.